The third-order valence-electron chi connectivity index (χ3n) is 4.12. The van der Waals surface area contributed by atoms with E-state index in [0.717, 1.165) is 37.9 Å². The molecular weight excluding hydrogens is 266 g/mol. The number of hydrogen-bond donors (Lipinski definition) is 1. The van der Waals surface area contributed by atoms with E-state index >= 15 is 0 Å². The lowest BCUT2D eigenvalue weighted by molar-refractivity contribution is 0.0722. The summed E-state index contributed by atoms with van der Waals surface area (Å²) in [5.41, 5.74) is 7.04. The van der Waals surface area contributed by atoms with Crippen molar-refractivity contribution >= 4 is 22.5 Å². The van der Waals surface area contributed by atoms with Gasteiger partial charge in [0.05, 0.1) is 10.9 Å². The van der Waals surface area contributed by atoms with Gasteiger partial charge in [-0.3, -0.25) is 9.59 Å². The summed E-state index contributed by atoms with van der Waals surface area (Å²) in [5, 5.41) is 0.433. The van der Waals surface area contributed by atoms with Gasteiger partial charge in [0.25, 0.3) is 5.91 Å². The molecule has 2 aromatic rings. The molecule has 0 aliphatic carbocycles. The molecule has 0 unspecified atom stereocenters. The van der Waals surface area contributed by atoms with E-state index < -0.39 is 0 Å². The zero-order chi connectivity index (χ0) is 15.0. The van der Waals surface area contributed by atoms with E-state index in [-0.39, 0.29) is 16.9 Å². The predicted molar refractivity (Wildman–Crippen MR) is 83.4 cm³/mol. The lowest BCUT2D eigenvalue weighted by atomic mass is 10.1. The normalized spacial score (nSPS) is 15.4. The smallest absolute Gasteiger partial charge is 0.259 e. The number of carbonyl (C=O) groups excluding carboxylic acids is 1. The number of nitrogens with two attached hydrogens (primary N) is 1. The van der Waals surface area contributed by atoms with Crippen LogP contribution in [0.15, 0.2) is 29.2 Å². The number of aryl methyl sites for hydroxylation is 1. The average Bonchev–Trinajstić information content (AvgIpc) is 2.51. The molecule has 5 nitrogen and oxygen atoms in total. The molecule has 0 atom stereocenters. The van der Waals surface area contributed by atoms with Gasteiger partial charge in [-0.15, -0.1) is 0 Å². The number of nitrogens with zero attached hydrogens (tertiary/aromatic N) is 2. The number of nitrogen functional groups attached to an aromatic ring is 1. The Balaban J connectivity index is 2.15. The van der Waals surface area contributed by atoms with Gasteiger partial charge in [0.2, 0.25) is 5.43 Å². The maximum atomic E-state index is 12.6. The van der Waals surface area contributed by atoms with Crippen LogP contribution in [0.5, 0.6) is 0 Å². The minimum Gasteiger partial charge on any atom is -0.398 e. The van der Waals surface area contributed by atoms with Gasteiger partial charge in [0.1, 0.15) is 5.56 Å². The third-order valence-corrected chi connectivity index (χ3v) is 4.12. The molecule has 1 amide bonds. The highest BCUT2D eigenvalue weighted by Crippen LogP contribution is 2.19. The average molecular weight is 285 g/mol. The van der Waals surface area contributed by atoms with Gasteiger partial charge in [0, 0.05) is 32.0 Å². The van der Waals surface area contributed by atoms with Crippen LogP contribution in [0, 0.1) is 0 Å². The molecule has 1 saturated heterocycles. The number of hydrogen-bond acceptors (Lipinski definition) is 3. The Morgan fingerprint density at radius 2 is 1.90 bits per heavy atom. The van der Waals surface area contributed by atoms with Crippen LogP contribution < -0.4 is 11.2 Å². The first-order chi connectivity index (χ1) is 10.1. The van der Waals surface area contributed by atoms with Crippen LogP contribution in [0.4, 0.5) is 5.69 Å². The first-order valence-electron chi connectivity index (χ1n) is 7.26. The van der Waals surface area contributed by atoms with Crippen LogP contribution in [0.25, 0.3) is 10.9 Å². The Labute approximate surface area is 123 Å². The highest BCUT2D eigenvalue weighted by molar-refractivity contribution is 6.00. The number of pyridine rings is 1. The fraction of sp³-hybridized carbons (Fsp3) is 0.375. The van der Waals surface area contributed by atoms with Crippen LogP contribution in [-0.2, 0) is 7.05 Å². The minimum absolute atomic E-state index is 0.180. The lowest BCUT2D eigenvalue weighted by Gasteiger charge is -2.26. The number of rotatable bonds is 1. The Morgan fingerprint density at radius 1 is 1.19 bits per heavy atom. The van der Waals surface area contributed by atoms with Crippen molar-refractivity contribution in [1.29, 1.82) is 0 Å². The van der Waals surface area contributed by atoms with E-state index in [9.17, 15) is 9.59 Å². The molecule has 2 heterocycles. The minimum atomic E-state index is -0.267. The van der Waals surface area contributed by atoms with Crippen molar-refractivity contribution in [2.75, 3.05) is 18.8 Å². The summed E-state index contributed by atoms with van der Waals surface area (Å²) in [6.07, 6.45) is 4.77. The van der Waals surface area contributed by atoms with Crippen molar-refractivity contribution in [3.05, 3.63) is 40.2 Å². The summed E-state index contributed by atoms with van der Waals surface area (Å²) in [4.78, 5) is 27.0. The molecule has 1 aromatic carbocycles. The largest absolute Gasteiger partial charge is 0.398 e. The van der Waals surface area contributed by atoms with Crippen LogP contribution in [0.1, 0.15) is 29.6 Å². The molecule has 2 N–H and O–H groups in total. The van der Waals surface area contributed by atoms with Crippen molar-refractivity contribution in [3.8, 4) is 0 Å². The molecule has 110 valence electrons. The number of carbonyl (C=O) groups is 1. The second-order valence-corrected chi connectivity index (χ2v) is 5.58. The SMILES string of the molecule is Cn1cc(C(=O)N2CCCCC2)c(=O)c2c(N)cccc21. The maximum absolute atomic E-state index is 12.6. The molecule has 0 saturated carbocycles. The number of anilines is 1. The molecule has 1 aromatic heterocycles. The monoisotopic (exact) mass is 285 g/mol. The van der Waals surface area contributed by atoms with E-state index in [1.54, 1.807) is 21.7 Å². The zero-order valence-corrected chi connectivity index (χ0v) is 12.1. The number of benzene rings is 1. The molecule has 0 radical (unpaired) electrons. The zero-order valence-electron chi connectivity index (χ0n) is 12.1. The molecule has 1 fully saturated rings. The van der Waals surface area contributed by atoms with Crippen molar-refractivity contribution in [2.45, 2.75) is 19.3 Å². The van der Waals surface area contributed by atoms with Crippen molar-refractivity contribution in [2.24, 2.45) is 7.05 Å². The van der Waals surface area contributed by atoms with Crippen molar-refractivity contribution in [3.63, 3.8) is 0 Å². The molecule has 1 aliphatic rings. The topological polar surface area (TPSA) is 68.3 Å². The van der Waals surface area contributed by atoms with Gasteiger partial charge in [-0.05, 0) is 31.4 Å². The van der Waals surface area contributed by atoms with Gasteiger partial charge < -0.3 is 15.2 Å². The fourth-order valence-corrected chi connectivity index (χ4v) is 2.97. The van der Waals surface area contributed by atoms with Crippen molar-refractivity contribution < 1.29 is 4.79 Å². The Kier molecular flexibility index (Phi) is 3.41. The van der Waals surface area contributed by atoms with E-state index in [2.05, 4.69) is 0 Å². The van der Waals surface area contributed by atoms with Gasteiger partial charge in [-0.1, -0.05) is 6.07 Å². The van der Waals surface area contributed by atoms with Crippen LogP contribution >= 0.6 is 0 Å². The van der Waals surface area contributed by atoms with Crippen LogP contribution in [-0.4, -0.2) is 28.5 Å². The summed E-state index contributed by atoms with van der Waals surface area (Å²) in [5.74, 6) is -0.180. The van der Waals surface area contributed by atoms with Crippen LogP contribution in [0.3, 0.4) is 0 Å². The molecule has 0 spiro atoms. The van der Waals surface area contributed by atoms with Gasteiger partial charge in [-0.25, -0.2) is 0 Å². The standard InChI is InChI=1S/C16H19N3O2/c1-18-10-11(16(21)19-8-3-2-4-9-19)15(20)14-12(17)6-5-7-13(14)18/h5-7,10H,2-4,8-9,17H2,1H3. The molecule has 0 bridgehead atoms. The molecule has 21 heavy (non-hydrogen) atoms. The van der Waals surface area contributed by atoms with E-state index in [1.165, 1.54) is 0 Å². The predicted octanol–water partition coefficient (Wildman–Crippen LogP) is 1.75. The first-order valence-corrected chi connectivity index (χ1v) is 7.26. The van der Waals surface area contributed by atoms with Crippen molar-refractivity contribution in [1.82, 2.24) is 9.47 Å². The van der Waals surface area contributed by atoms with E-state index in [0.29, 0.717) is 11.1 Å². The number of aromatic nitrogens is 1. The van der Waals surface area contributed by atoms with E-state index in [1.807, 2.05) is 19.2 Å². The summed E-state index contributed by atoms with van der Waals surface area (Å²) in [7, 11) is 1.83. The second kappa shape index (κ2) is 5.24. The number of likely N-dealkylation sites (tertiary alicyclic amines) is 1. The Hall–Kier alpha value is -2.30. The second-order valence-electron chi connectivity index (χ2n) is 5.58. The fourth-order valence-electron chi connectivity index (χ4n) is 2.97. The summed E-state index contributed by atoms with van der Waals surface area (Å²) in [6, 6.07) is 5.34. The Morgan fingerprint density at radius 3 is 2.62 bits per heavy atom. The molecule has 5 heteroatoms. The van der Waals surface area contributed by atoms with Gasteiger partial charge in [-0.2, -0.15) is 0 Å². The Bertz CT molecular complexity index is 758. The van der Waals surface area contributed by atoms with Crippen LogP contribution in [0.2, 0.25) is 0 Å². The summed E-state index contributed by atoms with van der Waals surface area (Å²) < 4.78 is 1.80. The highest BCUT2D eigenvalue weighted by atomic mass is 16.2. The molecular formula is C16H19N3O2. The van der Waals surface area contributed by atoms with Gasteiger partial charge >= 0.3 is 0 Å². The van der Waals surface area contributed by atoms with E-state index in [4.69, 9.17) is 5.73 Å². The summed E-state index contributed by atoms with van der Waals surface area (Å²) in [6.45, 7) is 1.45. The highest BCUT2D eigenvalue weighted by Gasteiger charge is 2.22. The maximum Gasteiger partial charge on any atom is 0.259 e. The quantitative estimate of drug-likeness (QED) is 0.812. The third kappa shape index (κ3) is 2.28. The number of piperidine rings is 1. The van der Waals surface area contributed by atoms with Gasteiger partial charge in [0.15, 0.2) is 0 Å². The number of fused-ring (bicyclic) bond motifs is 1. The molecule has 3 rings (SSSR count). The first kappa shape index (κ1) is 13.7. The number of amides is 1. The lowest BCUT2D eigenvalue weighted by Crippen LogP contribution is -2.38. The molecule has 1 aliphatic heterocycles. The summed E-state index contributed by atoms with van der Waals surface area (Å²) >= 11 is 0.